The van der Waals surface area contributed by atoms with Crippen LogP contribution in [0, 0.1) is 30.3 Å². The van der Waals surface area contributed by atoms with Crippen LogP contribution in [0.15, 0.2) is 30.3 Å². The topological polar surface area (TPSA) is 9.23 Å². The van der Waals surface area contributed by atoms with Crippen LogP contribution in [-0.2, 0) is 6.42 Å². The van der Waals surface area contributed by atoms with Crippen LogP contribution in [0.4, 0.5) is 13.2 Å². The summed E-state index contributed by atoms with van der Waals surface area (Å²) in [6.07, 6.45) is 9.80. The zero-order valence-corrected chi connectivity index (χ0v) is 18.9. The Labute approximate surface area is 185 Å². The average molecular weight is 433 g/mol. The van der Waals surface area contributed by atoms with E-state index in [9.17, 15) is 13.2 Å². The van der Waals surface area contributed by atoms with Crippen LogP contribution in [-0.4, -0.2) is 6.61 Å². The number of benzene rings is 2. The number of halogens is 3. The van der Waals surface area contributed by atoms with E-state index in [2.05, 4.69) is 6.92 Å². The molecule has 0 saturated heterocycles. The van der Waals surface area contributed by atoms with E-state index in [4.69, 9.17) is 4.74 Å². The summed E-state index contributed by atoms with van der Waals surface area (Å²) in [4.78, 5) is 0. The predicted octanol–water partition coefficient (Wildman–Crippen LogP) is 8.28. The highest BCUT2D eigenvalue weighted by atomic mass is 19.2. The van der Waals surface area contributed by atoms with Crippen LogP contribution in [0.25, 0.3) is 0 Å². The van der Waals surface area contributed by atoms with Gasteiger partial charge in [-0.1, -0.05) is 44.4 Å². The Morgan fingerprint density at radius 1 is 0.903 bits per heavy atom. The van der Waals surface area contributed by atoms with Crippen molar-refractivity contribution in [3.05, 3.63) is 64.5 Å². The highest BCUT2D eigenvalue weighted by Crippen LogP contribution is 2.39. The molecule has 1 fully saturated rings. The number of ether oxygens (including phenoxy) is 1. The van der Waals surface area contributed by atoms with Gasteiger partial charge in [-0.25, -0.2) is 13.2 Å². The van der Waals surface area contributed by atoms with Gasteiger partial charge in [-0.15, -0.1) is 0 Å². The van der Waals surface area contributed by atoms with Crippen molar-refractivity contribution >= 4 is 0 Å². The van der Waals surface area contributed by atoms with Gasteiger partial charge in [0.05, 0.1) is 6.61 Å². The molecular formula is C27H35F3O. The van der Waals surface area contributed by atoms with Gasteiger partial charge >= 0.3 is 0 Å². The molecule has 0 spiro atoms. The second kappa shape index (κ2) is 11.6. The normalized spacial score (nSPS) is 18.9. The molecule has 1 aliphatic rings. The van der Waals surface area contributed by atoms with E-state index in [1.807, 2.05) is 12.1 Å². The summed E-state index contributed by atoms with van der Waals surface area (Å²) in [5.41, 5.74) is 1.58. The minimum Gasteiger partial charge on any atom is -0.493 e. The molecule has 0 heterocycles. The highest BCUT2D eigenvalue weighted by Gasteiger charge is 2.25. The molecule has 31 heavy (non-hydrogen) atoms. The Morgan fingerprint density at radius 2 is 1.68 bits per heavy atom. The summed E-state index contributed by atoms with van der Waals surface area (Å²) >= 11 is 0. The van der Waals surface area contributed by atoms with E-state index in [0.29, 0.717) is 35.8 Å². The Bertz CT molecular complexity index is 841. The zero-order chi connectivity index (χ0) is 22.2. The fourth-order valence-electron chi connectivity index (χ4n) is 4.65. The summed E-state index contributed by atoms with van der Waals surface area (Å²) in [5.74, 6) is -0.295. The molecule has 4 heteroatoms. The molecule has 3 rings (SSSR count). The first-order chi connectivity index (χ1) is 15.0. The molecule has 2 aromatic rings. The standard InChI is InChI=1S/C27H35F3O/c1-3-4-5-6-17-31-23-15-16-24(25(28)18-23)21-12-8-20(9-13-21)10-14-22-11-7-19(2)26(29)27(22)30/h7,11,15-16,18,20-21H,3-6,8-10,12-14,17H2,1-2H3. The Hall–Kier alpha value is -1.97. The van der Waals surface area contributed by atoms with E-state index < -0.39 is 11.6 Å². The van der Waals surface area contributed by atoms with Gasteiger partial charge in [0.2, 0.25) is 0 Å². The Morgan fingerprint density at radius 3 is 2.39 bits per heavy atom. The molecule has 1 aliphatic carbocycles. The average Bonchev–Trinajstić information content (AvgIpc) is 2.77. The van der Waals surface area contributed by atoms with Crippen molar-refractivity contribution < 1.29 is 17.9 Å². The molecule has 0 amide bonds. The fourth-order valence-corrected chi connectivity index (χ4v) is 4.65. The lowest BCUT2D eigenvalue weighted by Crippen LogP contribution is -2.15. The quantitative estimate of drug-likeness (QED) is 0.343. The second-order valence-corrected chi connectivity index (χ2v) is 9.02. The van der Waals surface area contributed by atoms with Gasteiger partial charge in [-0.3, -0.25) is 0 Å². The lowest BCUT2D eigenvalue weighted by molar-refractivity contribution is 0.298. The zero-order valence-electron chi connectivity index (χ0n) is 18.9. The van der Waals surface area contributed by atoms with Gasteiger partial charge in [-0.05, 0) is 86.5 Å². The summed E-state index contributed by atoms with van der Waals surface area (Å²) in [6, 6.07) is 8.63. The van der Waals surface area contributed by atoms with E-state index in [1.165, 1.54) is 18.9 Å². The maximum Gasteiger partial charge on any atom is 0.162 e. The molecule has 0 bridgehead atoms. The number of rotatable bonds is 10. The first-order valence-electron chi connectivity index (χ1n) is 11.8. The van der Waals surface area contributed by atoms with Gasteiger partial charge in [0.15, 0.2) is 11.6 Å². The molecule has 0 atom stereocenters. The third-order valence-electron chi connectivity index (χ3n) is 6.70. The molecule has 170 valence electrons. The van der Waals surface area contributed by atoms with Crippen molar-refractivity contribution in [3.63, 3.8) is 0 Å². The number of hydrogen-bond acceptors (Lipinski definition) is 1. The van der Waals surface area contributed by atoms with Crippen molar-refractivity contribution in [3.8, 4) is 5.75 Å². The lowest BCUT2D eigenvalue weighted by atomic mass is 9.76. The summed E-state index contributed by atoms with van der Waals surface area (Å²) in [5, 5.41) is 0. The molecule has 0 aliphatic heterocycles. The molecule has 0 aromatic heterocycles. The number of aryl methyl sites for hydroxylation is 2. The molecule has 0 unspecified atom stereocenters. The SMILES string of the molecule is CCCCCCOc1ccc(C2CCC(CCc3ccc(C)c(F)c3F)CC2)c(F)c1. The first-order valence-corrected chi connectivity index (χ1v) is 11.8. The molecular weight excluding hydrogens is 397 g/mol. The molecule has 1 nitrogen and oxygen atoms in total. The van der Waals surface area contributed by atoms with Crippen LogP contribution in [0.1, 0.15) is 87.3 Å². The van der Waals surface area contributed by atoms with Gasteiger partial charge < -0.3 is 4.74 Å². The maximum absolute atomic E-state index is 14.7. The molecule has 0 N–H and O–H groups in total. The Kier molecular flexibility index (Phi) is 8.86. The van der Waals surface area contributed by atoms with Crippen LogP contribution >= 0.6 is 0 Å². The minimum atomic E-state index is -0.731. The third kappa shape index (κ3) is 6.51. The summed E-state index contributed by atoms with van der Waals surface area (Å²) in [6.45, 7) is 4.39. The van der Waals surface area contributed by atoms with Crippen LogP contribution in [0.3, 0.4) is 0 Å². The number of unbranched alkanes of at least 4 members (excludes halogenated alkanes) is 3. The minimum absolute atomic E-state index is 0.174. The molecule has 0 radical (unpaired) electrons. The maximum atomic E-state index is 14.7. The van der Waals surface area contributed by atoms with Crippen molar-refractivity contribution in [1.29, 1.82) is 0 Å². The van der Waals surface area contributed by atoms with Crippen LogP contribution in [0.5, 0.6) is 5.75 Å². The highest BCUT2D eigenvalue weighted by molar-refractivity contribution is 5.31. The van der Waals surface area contributed by atoms with Crippen molar-refractivity contribution in [2.75, 3.05) is 6.61 Å². The van der Waals surface area contributed by atoms with E-state index in [-0.39, 0.29) is 11.7 Å². The van der Waals surface area contributed by atoms with Gasteiger partial charge in [0.25, 0.3) is 0 Å². The van der Waals surface area contributed by atoms with Gasteiger partial charge in [-0.2, -0.15) is 0 Å². The third-order valence-corrected chi connectivity index (χ3v) is 6.70. The van der Waals surface area contributed by atoms with Gasteiger partial charge in [0.1, 0.15) is 11.6 Å². The van der Waals surface area contributed by atoms with Crippen molar-refractivity contribution in [2.24, 2.45) is 5.92 Å². The van der Waals surface area contributed by atoms with E-state index in [1.54, 1.807) is 19.1 Å². The monoisotopic (exact) mass is 432 g/mol. The van der Waals surface area contributed by atoms with Crippen LogP contribution in [0.2, 0.25) is 0 Å². The lowest BCUT2D eigenvalue weighted by Gasteiger charge is -2.29. The van der Waals surface area contributed by atoms with Crippen molar-refractivity contribution in [1.82, 2.24) is 0 Å². The largest absolute Gasteiger partial charge is 0.493 e. The molecule has 2 aromatic carbocycles. The molecule has 1 saturated carbocycles. The van der Waals surface area contributed by atoms with Crippen LogP contribution < -0.4 is 4.74 Å². The number of hydrogen-bond donors (Lipinski definition) is 0. The Balaban J connectivity index is 1.46. The van der Waals surface area contributed by atoms with Gasteiger partial charge in [0, 0.05) is 6.07 Å². The summed E-state index contributed by atoms with van der Waals surface area (Å²) in [7, 11) is 0. The van der Waals surface area contributed by atoms with Crippen molar-refractivity contribution in [2.45, 2.75) is 84.0 Å². The smallest absolute Gasteiger partial charge is 0.162 e. The second-order valence-electron chi connectivity index (χ2n) is 9.02. The van der Waals surface area contributed by atoms with E-state index >= 15 is 0 Å². The first kappa shape index (κ1) is 23.7. The fraction of sp³-hybridized carbons (Fsp3) is 0.556. The summed E-state index contributed by atoms with van der Waals surface area (Å²) < 4.78 is 48.2. The predicted molar refractivity (Wildman–Crippen MR) is 120 cm³/mol. The van der Waals surface area contributed by atoms with E-state index in [0.717, 1.165) is 50.5 Å².